The fourth-order valence-electron chi connectivity index (χ4n) is 11.8. The van der Waals surface area contributed by atoms with Crippen LogP contribution in [0.3, 0.4) is 0 Å². The Labute approximate surface area is 588 Å². The summed E-state index contributed by atoms with van der Waals surface area (Å²) >= 11 is 0. The van der Waals surface area contributed by atoms with Crippen molar-refractivity contribution in [2.75, 3.05) is 39.6 Å². The van der Waals surface area contributed by atoms with E-state index in [4.69, 9.17) is 37.0 Å². The monoisotopic (exact) mass is 1410 g/mol. The van der Waals surface area contributed by atoms with Crippen LogP contribution in [-0.4, -0.2) is 96.7 Å². The molecule has 0 aromatic rings. The second-order valence-electron chi connectivity index (χ2n) is 28.7. The number of phosphoric acid groups is 2. The summed E-state index contributed by atoms with van der Waals surface area (Å²) in [6, 6.07) is 0. The number of ether oxygens (including phenoxy) is 4. The Balaban J connectivity index is 5.23. The lowest BCUT2D eigenvalue weighted by Gasteiger charge is -2.21. The van der Waals surface area contributed by atoms with Crippen molar-refractivity contribution < 1.29 is 80.2 Å². The van der Waals surface area contributed by atoms with E-state index >= 15 is 0 Å². The molecule has 5 atom stereocenters. The van der Waals surface area contributed by atoms with Crippen LogP contribution in [0.5, 0.6) is 0 Å². The third kappa shape index (κ3) is 70.5. The summed E-state index contributed by atoms with van der Waals surface area (Å²) in [7, 11) is -9.91. The zero-order chi connectivity index (χ0) is 70.7. The zero-order valence-corrected chi connectivity index (χ0v) is 64.5. The number of carbonyl (C=O) groups excluding carboxylic acids is 4. The van der Waals surface area contributed by atoms with Gasteiger partial charge in [0.05, 0.1) is 26.4 Å². The van der Waals surface area contributed by atoms with E-state index in [0.29, 0.717) is 31.6 Å². The maximum absolute atomic E-state index is 13.1. The molecule has 2 unspecified atom stereocenters. The number of aliphatic hydroxyl groups excluding tert-OH is 1. The molecule has 0 rings (SSSR count). The first-order valence-corrected chi connectivity index (χ1v) is 43.0. The van der Waals surface area contributed by atoms with E-state index < -0.39 is 97.5 Å². The van der Waals surface area contributed by atoms with Gasteiger partial charge in [0.2, 0.25) is 0 Å². The number of esters is 4. The molecule has 0 aliphatic rings. The summed E-state index contributed by atoms with van der Waals surface area (Å²) < 4.78 is 68.6. The highest BCUT2D eigenvalue weighted by molar-refractivity contribution is 7.47. The second-order valence-corrected chi connectivity index (χ2v) is 31.6. The second kappa shape index (κ2) is 68.8. The van der Waals surface area contributed by atoms with E-state index in [1.165, 1.54) is 212 Å². The minimum atomic E-state index is -4.96. The molecule has 0 spiro atoms. The standard InChI is InChI=1S/C77H150O17P2/c1-7-9-11-13-15-17-19-21-23-24-25-29-34-38-42-50-56-62-76(81)93-72(65-87-74(79)59-53-47-40-36-32-30-26-27-31-35-39-45-51-57-69(3)4)67-91-95(83,84)89-63-71(78)64-90-96(85,86)92-68-73(66-88-75(80)60-54-48-44-43-46-52-58-70(5)6)94-77(82)61-55-49-41-37-33-28-22-20-18-16-14-12-10-8-2/h69-73,78H,7-68H2,1-6H3,(H,83,84)(H,85,86)/t71-,72-,73-/m1/s1. The summed E-state index contributed by atoms with van der Waals surface area (Å²) in [6.07, 6.45) is 57.0. The van der Waals surface area contributed by atoms with Crippen molar-refractivity contribution in [1.82, 2.24) is 0 Å². The van der Waals surface area contributed by atoms with Gasteiger partial charge in [-0.05, 0) is 37.5 Å². The van der Waals surface area contributed by atoms with Crippen LogP contribution in [-0.2, 0) is 65.4 Å². The number of phosphoric ester groups is 2. The minimum absolute atomic E-state index is 0.107. The highest BCUT2D eigenvalue weighted by Crippen LogP contribution is 2.45. The highest BCUT2D eigenvalue weighted by atomic mass is 31.2. The van der Waals surface area contributed by atoms with Gasteiger partial charge in [-0.25, -0.2) is 9.13 Å². The van der Waals surface area contributed by atoms with E-state index in [9.17, 15) is 43.2 Å². The van der Waals surface area contributed by atoms with Crippen molar-refractivity contribution in [3.8, 4) is 0 Å². The third-order valence-electron chi connectivity index (χ3n) is 18.0. The average Bonchev–Trinajstić information content (AvgIpc) is 1.39. The predicted molar refractivity (Wildman–Crippen MR) is 391 cm³/mol. The lowest BCUT2D eigenvalue weighted by atomic mass is 10.0. The number of rotatable bonds is 76. The number of hydrogen-bond donors (Lipinski definition) is 3. The van der Waals surface area contributed by atoms with Crippen molar-refractivity contribution >= 4 is 39.5 Å². The Morgan fingerprint density at radius 2 is 0.479 bits per heavy atom. The molecule has 0 aliphatic carbocycles. The van der Waals surface area contributed by atoms with Crippen LogP contribution in [0.4, 0.5) is 0 Å². The van der Waals surface area contributed by atoms with Gasteiger partial charge in [0.15, 0.2) is 12.2 Å². The van der Waals surface area contributed by atoms with Gasteiger partial charge in [0.1, 0.15) is 19.3 Å². The Kier molecular flexibility index (Phi) is 67.4. The van der Waals surface area contributed by atoms with Crippen LogP contribution in [0.25, 0.3) is 0 Å². The third-order valence-corrected chi connectivity index (χ3v) is 19.9. The largest absolute Gasteiger partial charge is 0.472 e. The van der Waals surface area contributed by atoms with Crippen molar-refractivity contribution in [1.29, 1.82) is 0 Å². The van der Waals surface area contributed by atoms with E-state index in [0.717, 1.165) is 102 Å². The molecule has 3 N–H and O–H groups in total. The van der Waals surface area contributed by atoms with Gasteiger partial charge in [0.25, 0.3) is 0 Å². The Morgan fingerprint density at radius 3 is 0.708 bits per heavy atom. The summed E-state index contributed by atoms with van der Waals surface area (Å²) in [6.45, 7) is 9.55. The molecule has 570 valence electrons. The molecule has 96 heavy (non-hydrogen) atoms. The maximum Gasteiger partial charge on any atom is 0.472 e. The molecule has 0 fully saturated rings. The Hall–Kier alpha value is -1.94. The molecular formula is C77H150O17P2. The number of aliphatic hydroxyl groups is 1. The van der Waals surface area contributed by atoms with Crippen LogP contribution >= 0.6 is 15.6 Å². The Bertz CT molecular complexity index is 1860. The number of carbonyl (C=O) groups is 4. The van der Waals surface area contributed by atoms with Crippen molar-refractivity contribution in [3.63, 3.8) is 0 Å². The van der Waals surface area contributed by atoms with Crippen LogP contribution in [0.1, 0.15) is 401 Å². The van der Waals surface area contributed by atoms with Gasteiger partial charge in [0, 0.05) is 25.7 Å². The van der Waals surface area contributed by atoms with Crippen LogP contribution in [0.15, 0.2) is 0 Å². The van der Waals surface area contributed by atoms with Gasteiger partial charge in [-0.15, -0.1) is 0 Å². The van der Waals surface area contributed by atoms with Crippen molar-refractivity contribution in [3.05, 3.63) is 0 Å². The molecule has 0 heterocycles. The van der Waals surface area contributed by atoms with Gasteiger partial charge in [-0.1, -0.05) is 350 Å². The predicted octanol–water partition coefficient (Wildman–Crippen LogP) is 22.7. The van der Waals surface area contributed by atoms with E-state index in [1.807, 2.05) is 0 Å². The molecule has 0 amide bonds. The highest BCUT2D eigenvalue weighted by Gasteiger charge is 2.30. The lowest BCUT2D eigenvalue weighted by molar-refractivity contribution is -0.161. The van der Waals surface area contributed by atoms with E-state index in [2.05, 4.69) is 41.5 Å². The first kappa shape index (κ1) is 94.1. The molecule has 0 aromatic heterocycles. The molecule has 19 heteroatoms. The molecule has 0 aromatic carbocycles. The average molecular weight is 1410 g/mol. The zero-order valence-electron chi connectivity index (χ0n) is 62.7. The smallest absolute Gasteiger partial charge is 0.462 e. The minimum Gasteiger partial charge on any atom is -0.462 e. The first-order chi connectivity index (χ1) is 46.4. The summed E-state index contributed by atoms with van der Waals surface area (Å²) in [5.74, 6) is -0.643. The summed E-state index contributed by atoms with van der Waals surface area (Å²) in [4.78, 5) is 72.8. The normalized spacial score (nSPS) is 14.0. The molecule has 0 radical (unpaired) electrons. The molecule has 17 nitrogen and oxygen atoms in total. The molecule has 0 aliphatic heterocycles. The Morgan fingerprint density at radius 1 is 0.281 bits per heavy atom. The van der Waals surface area contributed by atoms with E-state index in [-0.39, 0.29) is 25.7 Å². The quantitative estimate of drug-likeness (QED) is 0.0222. The molecule has 0 saturated carbocycles. The molecule has 0 saturated heterocycles. The summed E-state index contributed by atoms with van der Waals surface area (Å²) in [5, 5.41) is 10.6. The van der Waals surface area contributed by atoms with Gasteiger partial charge < -0.3 is 33.8 Å². The lowest BCUT2D eigenvalue weighted by Crippen LogP contribution is -2.30. The van der Waals surface area contributed by atoms with Gasteiger partial charge in [-0.3, -0.25) is 37.3 Å². The van der Waals surface area contributed by atoms with Crippen LogP contribution in [0, 0.1) is 11.8 Å². The topological polar surface area (TPSA) is 237 Å². The summed E-state index contributed by atoms with van der Waals surface area (Å²) in [5.41, 5.74) is 0. The van der Waals surface area contributed by atoms with E-state index in [1.54, 1.807) is 0 Å². The molecular weight excluding hydrogens is 1260 g/mol. The maximum atomic E-state index is 13.1. The van der Waals surface area contributed by atoms with Gasteiger partial charge in [-0.2, -0.15) is 0 Å². The number of hydrogen-bond acceptors (Lipinski definition) is 15. The first-order valence-electron chi connectivity index (χ1n) is 40.0. The number of unbranched alkanes of at least 4 members (excludes halogenated alkanes) is 46. The van der Waals surface area contributed by atoms with Crippen molar-refractivity contribution in [2.45, 2.75) is 419 Å². The fraction of sp³-hybridized carbons (Fsp3) is 0.948. The van der Waals surface area contributed by atoms with Crippen molar-refractivity contribution in [2.24, 2.45) is 11.8 Å². The molecule has 0 bridgehead atoms. The van der Waals surface area contributed by atoms with Crippen LogP contribution in [0.2, 0.25) is 0 Å². The SMILES string of the molecule is CCCCCCCCCCCCCCCCCCCC(=O)O[C@H](COC(=O)CCCCCCCCCCCCCCCC(C)C)COP(=O)(O)OC[C@@H](O)COP(=O)(O)OC[C@@H](COC(=O)CCCCCCCCC(C)C)OC(=O)CCCCCCCCCCCCCCCC. The van der Waals surface area contributed by atoms with Crippen LogP contribution < -0.4 is 0 Å². The van der Waals surface area contributed by atoms with Gasteiger partial charge >= 0.3 is 39.5 Å². The fourth-order valence-corrected chi connectivity index (χ4v) is 13.4.